The highest BCUT2D eigenvalue weighted by atomic mass is 16.5. The monoisotopic (exact) mass is 244 g/mol. The molecule has 0 aromatic carbocycles. The fourth-order valence-electron chi connectivity index (χ4n) is 1.94. The fourth-order valence-corrected chi connectivity index (χ4v) is 1.94. The van der Waals surface area contributed by atoms with Crippen LogP contribution in [0, 0.1) is 0 Å². The number of amides is 1. The predicted molar refractivity (Wildman–Crippen MR) is 65.7 cm³/mol. The number of ether oxygens (including phenoxy) is 2. The summed E-state index contributed by atoms with van der Waals surface area (Å²) in [5.41, 5.74) is 5.38. The van der Waals surface area contributed by atoms with Gasteiger partial charge in [0, 0.05) is 38.6 Å². The van der Waals surface area contributed by atoms with Gasteiger partial charge < -0.3 is 20.5 Å². The maximum atomic E-state index is 11.8. The second-order valence-electron chi connectivity index (χ2n) is 4.92. The van der Waals surface area contributed by atoms with Gasteiger partial charge >= 0.3 is 0 Å². The van der Waals surface area contributed by atoms with E-state index in [1.54, 1.807) is 6.92 Å². The van der Waals surface area contributed by atoms with Gasteiger partial charge in [-0.05, 0) is 20.8 Å². The molecule has 1 heterocycles. The van der Waals surface area contributed by atoms with Crippen molar-refractivity contribution in [3.05, 3.63) is 0 Å². The van der Waals surface area contributed by atoms with Crippen LogP contribution in [0.25, 0.3) is 0 Å². The largest absolute Gasteiger partial charge is 0.381 e. The van der Waals surface area contributed by atoms with Crippen LogP contribution in [-0.4, -0.2) is 43.4 Å². The van der Waals surface area contributed by atoms with Gasteiger partial charge in [0.1, 0.15) is 6.10 Å². The van der Waals surface area contributed by atoms with Crippen molar-refractivity contribution in [3.8, 4) is 0 Å². The summed E-state index contributed by atoms with van der Waals surface area (Å²) in [6, 6.07) is 0.122. The van der Waals surface area contributed by atoms with Crippen molar-refractivity contribution >= 4 is 5.91 Å². The molecule has 0 radical (unpaired) electrons. The van der Waals surface area contributed by atoms with Gasteiger partial charge in [-0.3, -0.25) is 4.79 Å². The maximum absolute atomic E-state index is 11.8. The van der Waals surface area contributed by atoms with Crippen LogP contribution in [0.4, 0.5) is 0 Å². The third kappa shape index (κ3) is 4.26. The predicted octanol–water partition coefficient (Wildman–Crippen LogP) is 0.424. The van der Waals surface area contributed by atoms with Crippen molar-refractivity contribution in [2.45, 2.75) is 51.4 Å². The van der Waals surface area contributed by atoms with E-state index in [0.717, 1.165) is 12.8 Å². The molecule has 0 aromatic heterocycles. The first-order valence-electron chi connectivity index (χ1n) is 6.25. The van der Waals surface area contributed by atoms with Crippen LogP contribution in [0.5, 0.6) is 0 Å². The molecule has 0 saturated carbocycles. The Morgan fingerprint density at radius 3 is 2.47 bits per heavy atom. The molecule has 1 fully saturated rings. The van der Waals surface area contributed by atoms with Crippen molar-refractivity contribution in [1.82, 2.24) is 5.32 Å². The first kappa shape index (κ1) is 14.4. The van der Waals surface area contributed by atoms with E-state index in [1.807, 2.05) is 13.8 Å². The van der Waals surface area contributed by atoms with Gasteiger partial charge in [0.15, 0.2) is 0 Å². The number of hydrogen-bond acceptors (Lipinski definition) is 4. The minimum atomic E-state index is -0.473. The molecule has 100 valence electrons. The zero-order valence-electron chi connectivity index (χ0n) is 11.0. The van der Waals surface area contributed by atoms with Crippen LogP contribution in [0.2, 0.25) is 0 Å². The highest BCUT2D eigenvalue weighted by molar-refractivity contribution is 5.80. The molecular formula is C12H24N2O3. The van der Waals surface area contributed by atoms with E-state index < -0.39 is 11.7 Å². The molecule has 1 unspecified atom stereocenters. The second-order valence-corrected chi connectivity index (χ2v) is 4.92. The maximum Gasteiger partial charge on any atom is 0.249 e. The molecule has 0 aliphatic carbocycles. The average Bonchev–Trinajstić information content (AvgIpc) is 2.29. The van der Waals surface area contributed by atoms with Crippen LogP contribution in [0.3, 0.4) is 0 Å². The molecule has 3 N–H and O–H groups in total. The summed E-state index contributed by atoms with van der Waals surface area (Å²) in [6.07, 6.45) is 1.03. The van der Waals surface area contributed by atoms with Crippen LogP contribution in [0.1, 0.15) is 33.6 Å². The van der Waals surface area contributed by atoms with E-state index in [0.29, 0.717) is 19.8 Å². The summed E-state index contributed by atoms with van der Waals surface area (Å²) in [7, 11) is 0. The summed E-state index contributed by atoms with van der Waals surface area (Å²) < 4.78 is 11.2. The number of nitrogens with two attached hydrogens (primary N) is 1. The Kier molecular flexibility index (Phi) is 5.36. The third-order valence-electron chi connectivity index (χ3n) is 3.00. The summed E-state index contributed by atoms with van der Waals surface area (Å²) in [5.74, 6) is -0.0840. The van der Waals surface area contributed by atoms with Crippen LogP contribution in [-0.2, 0) is 14.3 Å². The minimum absolute atomic E-state index is 0.0840. The summed E-state index contributed by atoms with van der Waals surface area (Å²) in [4.78, 5) is 11.8. The highest BCUT2D eigenvalue weighted by Crippen LogP contribution is 2.25. The lowest BCUT2D eigenvalue weighted by Gasteiger charge is -2.38. The quantitative estimate of drug-likeness (QED) is 0.735. The van der Waals surface area contributed by atoms with E-state index >= 15 is 0 Å². The normalized spacial score (nSPS) is 21.2. The first-order valence-corrected chi connectivity index (χ1v) is 6.25. The van der Waals surface area contributed by atoms with Gasteiger partial charge in [0.05, 0.1) is 5.60 Å². The Morgan fingerprint density at radius 1 is 1.41 bits per heavy atom. The molecule has 17 heavy (non-hydrogen) atoms. The number of hydrogen-bond donors (Lipinski definition) is 2. The molecule has 0 spiro atoms. The lowest BCUT2D eigenvalue weighted by atomic mass is 9.94. The highest BCUT2D eigenvalue weighted by Gasteiger charge is 2.35. The lowest BCUT2D eigenvalue weighted by Crippen LogP contribution is -2.50. The van der Waals surface area contributed by atoms with Gasteiger partial charge in [-0.25, -0.2) is 0 Å². The molecule has 0 aromatic rings. The van der Waals surface area contributed by atoms with E-state index in [-0.39, 0.29) is 11.9 Å². The first-order chi connectivity index (χ1) is 7.99. The topological polar surface area (TPSA) is 73.6 Å². The average molecular weight is 244 g/mol. The Labute approximate surface area is 103 Å². The van der Waals surface area contributed by atoms with Gasteiger partial charge in [0.25, 0.3) is 0 Å². The van der Waals surface area contributed by atoms with Crippen LogP contribution in [0.15, 0.2) is 0 Å². The van der Waals surface area contributed by atoms with Gasteiger partial charge in [-0.15, -0.1) is 0 Å². The minimum Gasteiger partial charge on any atom is -0.381 e. The van der Waals surface area contributed by atoms with Crippen molar-refractivity contribution in [2.24, 2.45) is 5.73 Å². The fraction of sp³-hybridized carbons (Fsp3) is 0.917. The second kappa shape index (κ2) is 6.33. The lowest BCUT2D eigenvalue weighted by molar-refractivity contribution is -0.158. The molecule has 5 nitrogen and oxygen atoms in total. The standard InChI is InChI=1S/C12H24N2O3/c1-9(2)14-11(15)10(3)17-12(8-13)4-6-16-7-5-12/h9-10H,4-8,13H2,1-3H3,(H,14,15). The van der Waals surface area contributed by atoms with Crippen LogP contribution >= 0.6 is 0 Å². The molecule has 1 aliphatic rings. The van der Waals surface area contributed by atoms with Crippen molar-refractivity contribution in [3.63, 3.8) is 0 Å². The van der Waals surface area contributed by atoms with E-state index in [1.165, 1.54) is 0 Å². The third-order valence-corrected chi connectivity index (χ3v) is 3.00. The Morgan fingerprint density at radius 2 is 2.00 bits per heavy atom. The van der Waals surface area contributed by atoms with Crippen LogP contribution < -0.4 is 11.1 Å². The van der Waals surface area contributed by atoms with Crippen molar-refractivity contribution in [1.29, 1.82) is 0 Å². The molecule has 1 saturated heterocycles. The van der Waals surface area contributed by atoms with Gasteiger partial charge in [0.2, 0.25) is 5.91 Å². The molecule has 1 amide bonds. The Hall–Kier alpha value is -0.650. The Balaban J connectivity index is 2.52. The summed E-state index contributed by atoms with van der Waals surface area (Å²) >= 11 is 0. The number of nitrogens with one attached hydrogen (secondary N) is 1. The van der Waals surface area contributed by atoms with E-state index in [2.05, 4.69) is 5.32 Å². The zero-order chi connectivity index (χ0) is 12.9. The van der Waals surface area contributed by atoms with Gasteiger partial charge in [-0.2, -0.15) is 0 Å². The molecular weight excluding hydrogens is 220 g/mol. The van der Waals surface area contributed by atoms with E-state index in [4.69, 9.17) is 15.2 Å². The number of rotatable bonds is 5. The van der Waals surface area contributed by atoms with Gasteiger partial charge in [-0.1, -0.05) is 0 Å². The number of carbonyl (C=O) groups is 1. The zero-order valence-corrected chi connectivity index (χ0v) is 11.0. The molecule has 1 rings (SSSR count). The summed E-state index contributed by atoms with van der Waals surface area (Å²) in [6.45, 7) is 7.35. The Bertz CT molecular complexity index is 250. The molecule has 1 aliphatic heterocycles. The SMILES string of the molecule is CC(C)NC(=O)C(C)OC1(CN)CCOCC1. The summed E-state index contributed by atoms with van der Waals surface area (Å²) in [5, 5.41) is 2.84. The smallest absolute Gasteiger partial charge is 0.249 e. The molecule has 5 heteroatoms. The molecule has 0 bridgehead atoms. The van der Waals surface area contributed by atoms with Crippen molar-refractivity contribution in [2.75, 3.05) is 19.8 Å². The molecule has 1 atom stereocenters. The van der Waals surface area contributed by atoms with E-state index in [9.17, 15) is 4.79 Å². The number of carbonyl (C=O) groups excluding carboxylic acids is 1. The van der Waals surface area contributed by atoms with Crippen molar-refractivity contribution < 1.29 is 14.3 Å².